The zero-order chi connectivity index (χ0) is 14.8. The minimum absolute atomic E-state index is 0.219. The number of nitrogens with one attached hydrogen (secondary N) is 1. The molecule has 0 aliphatic carbocycles. The fourth-order valence-corrected chi connectivity index (χ4v) is 1.54. The Hall–Kier alpha value is -2.41. The number of terminal acetylenes is 1. The molecule has 4 heteroatoms. The molecule has 0 spiro atoms. The number of rotatable bonds is 7. The molecule has 106 valence electrons. The summed E-state index contributed by atoms with van der Waals surface area (Å²) in [5.74, 6) is 3.48. The molecule has 0 aromatic heterocycles. The first-order chi connectivity index (χ1) is 9.71. The van der Waals surface area contributed by atoms with E-state index in [-0.39, 0.29) is 12.5 Å². The molecule has 1 rings (SSSR count). The summed E-state index contributed by atoms with van der Waals surface area (Å²) in [7, 11) is 0. The molecule has 0 heterocycles. The lowest BCUT2D eigenvalue weighted by Gasteiger charge is -2.11. The summed E-state index contributed by atoms with van der Waals surface area (Å²) in [6.07, 6.45) is 8.19. The summed E-state index contributed by atoms with van der Waals surface area (Å²) >= 11 is 0. The Kier molecular flexibility index (Phi) is 6.77. The van der Waals surface area contributed by atoms with E-state index in [0.29, 0.717) is 24.7 Å². The third-order valence-electron chi connectivity index (χ3n) is 2.36. The van der Waals surface area contributed by atoms with E-state index in [1.165, 1.54) is 6.08 Å². The van der Waals surface area contributed by atoms with Crippen LogP contribution in [0.4, 0.5) is 0 Å². The van der Waals surface area contributed by atoms with Gasteiger partial charge in [-0.2, -0.15) is 0 Å². The van der Waals surface area contributed by atoms with Crippen LogP contribution >= 0.6 is 0 Å². The van der Waals surface area contributed by atoms with Gasteiger partial charge >= 0.3 is 0 Å². The van der Waals surface area contributed by atoms with Crippen molar-refractivity contribution in [2.75, 3.05) is 19.8 Å². The molecule has 1 amide bonds. The van der Waals surface area contributed by atoms with Crippen molar-refractivity contribution in [1.82, 2.24) is 5.32 Å². The highest BCUT2D eigenvalue weighted by atomic mass is 16.5. The molecule has 1 aromatic rings. The van der Waals surface area contributed by atoms with Gasteiger partial charge in [-0.05, 0) is 37.6 Å². The second-order valence-corrected chi connectivity index (χ2v) is 3.83. The number of amides is 1. The lowest BCUT2D eigenvalue weighted by molar-refractivity contribution is -0.116. The van der Waals surface area contributed by atoms with Gasteiger partial charge in [0.1, 0.15) is 0 Å². The number of carbonyl (C=O) groups excluding carboxylic acids is 1. The third kappa shape index (κ3) is 5.07. The third-order valence-corrected chi connectivity index (χ3v) is 2.36. The molecule has 0 fully saturated rings. The maximum absolute atomic E-state index is 11.4. The highest BCUT2D eigenvalue weighted by Gasteiger charge is 2.04. The predicted molar refractivity (Wildman–Crippen MR) is 79.7 cm³/mol. The zero-order valence-corrected chi connectivity index (χ0v) is 11.8. The van der Waals surface area contributed by atoms with Crippen molar-refractivity contribution in [3.05, 3.63) is 29.8 Å². The number of hydrogen-bond acceptors (Lipinski definition) is 3. The molecule has 0 aliphatic rings. The monoisotopic (exact) mass is 273 g/mol. The van der Waals surface area contributed by atoms with Crippen LogP contribution in [-0.2, 0) is 4.79 Å². The molecule has 0 bridgehead atoms. The predicted octanol–water partition coefficient (Wildman–Crippen LogP) is 2.25. The maximum Gasteiger partial charge on any atom is 0.244 e. The molecule has 0 unspecified atom stereocenters. The second-order valence-electron chi connectivity index (χ2n) is 3.83. The van der Waals surface area contributed by atoms with Gasteiger partial charge in [-0.15, -0.1) is 6.42 Å². The summed E-state index contributed by atoms with van der Waals surface area (Å²) in [6, 6.07) is 5.52. The first-order valence-electron chi connectivity index (χ1n) is 6.50. The van der Waals surface area contributed by atoms with Gasteiger partial charge in [0, 0.05) is 6.08 Å². The second kappa shape index (κ2) is 8.65. The summed E-state index contributed by atoms with van der Waals surface area (Å²) in [5.41, 5.74) is 0.854. The van der Waals surface area contributed by atoms with Crippen LogP contribution in [0.15, 0.2) is 24.3 Å². The van der Waals surface area contributed by atoms with E-state index in [2.05, 4.69) is 11.2 Å². The van der Waals surface area contributed by atoms with E-state index in [1.54, 1.807) is 6.08 Å². The number of carbonyl (C=O) groups is 1. The SMILES string of the molecule is C#CCNC(=O)C=Cc1ccc(OCC)c(OCC)c1. The van der Waals surface area contributed by atoms with Crippen molar-refractivity contribution >= 4 is 12.0 Å². The Bertz CT molecular complexity index is 515. The van der Waals surface area contributed by atoms with Crippen LogP contribution in [0.2, 0.25) is 0 Å². The summed E-state index contributed by atoms with van der Waals surface area (Å²) in [4.78, 5) is 11.4. The van der Waals surface area contributed by atoms with Crippen molar-refractivity contribution in [2.24, 2.45) is 0 Å². The van der Waals surface area contributed by atoms with Gasteiger partial charge in [0.15, 0.2) is 11.5 Å². The molecule has 0 saturated carbocycles. The average molecular weight is 273 g/mol. The largest absolute Gasteiger partial charge is 0.490 e. The van der Waals surface area contributed by atoms with Crippen LogP contribution in [0, 0.1) is 12.3 Å². The minimum Gasteiger partial charge on any atom is -0.490 e. The van der Waals surface area contributed by atoms with E-state index >= 15 is 0 Å². The van der Waals surface area contributed by atoms with E-state index in [0.717, 1.165) is 5.56 Å². The Morgan fingerprint density at radius 2 is 2.00 bits per heavy atom. The van der Waals surface area contributed by atoms with Crippen LogP contribution in [0.1, 0.15) is 19.4 Å². The van der Waals surface area contributed by atoms with Crippen LogP contribution in [0.3, 0.4) is 0 Å². The van der Waals surface area contributed by atoms with E-state index < -0.39 is 0 Å². The molecular weight excluding hydrogens is 254 g/mol. The molecular formula is C16H19NO3. The normalized spacial score (nSPS) is 10.1. The van der Waals surface area contributed by atoms with Gasteiger partial charge in [0.25, 0.3) is 0 Å². The maximum atomic E-state index is 11.4. The Morgan fingerprint density at radius 1 is 1.30 bits per heavy atom. The van der Waals surface area contributed by atoms with Gasteiger partial charge in [-0.3, -0.25) is 4.79 Å². The van der Waals surface area contributed by atoms with E-state index in [4.69, 9.17) is 15.9 Å². The molecule has 0 atom stereocenters. The van der Waals surface area contributed by atoms with Crippen molar-refractivity contribution in [1.29, 1.82) is 0 Å². The van der Waals surface area contributed by atoms with Crippen molar-refractivity contribution in [2.45, 2.75) is 13.8 Å². The minimum atomic E-state index is -0.227. The molecule has 1 N–H and O–H groups in total. The quantitative estimate of drug-likeness (QED) is 0.612. The van der Waals surface area contributed by atoms with Crippen LogP contribution in [0.25, 0.3) is 6.08 Å². The lowest BCUT2D eigenvalue weighted by atomic mass is 10.2. The summed E-state index contributed by atoms with van der Waals surface area (Å²) in [5, 5.41) is 2.56. The highest BCUT2D eigenvalue weighted by molar-refractivity contribution is 5.91. The van der Waals surface area contributed by atoms with Crippen LogP contribution in [-0.4, -0.2) is 25.7 Å². The van der Waals surface area contributed by atoms with Crippen molar-refractivity contribution < 1.29 is 14.3 Å². The first-order valence-corrected chi connectivity index (χ1v) is 6.50. The van der Waals surface area contributed by atoms with Gasteiger partial charge < -0.3 is 14.8 Å². The molecule has 1 aromatic carbocycles. The highest BCUT2D eigenvalue weighted by Crippen LogP contribution is 2.28. The number of hydrogen-bond donors (Lipinski definition) is 1. The Morgan fingerprint density at radius 3 is 2.65 bits per heavy atom. The average Bonchev–Trinajstić information content (AvgIpc) is 2.45. The Labute approximate surface area is 119 Å². The molecule has 0 saturated heterocycles. The standard InChI is InChI=1S/C16H19NO3/c1-4-11-17-16(18)10-8-13-7-9-14(19-5-2)15(12-13)20-6-3/h1,7-10,12H,5-6,11H2,2-3H3,(H,17,18). The van der Waals surface area contributed by atoms with Gasteiger partial charge in [-0.25, -0.2) is 0 Å². The lowest BCUT2D eigenvalue weighted by Crippen LogP contribution is -2.20. The van der Waals surface area contributed by atoms with Gasteiger partial charge in [0.2, 0.25) is 5.91 Å². The first kappa shape index (κ1) is 15.6. The van der Waals surface area contributed by atoms with Crippen LogP contribution < -0.4 is 14.8 Å². The molecule has 4 nitrogen and oxygen atoms in total. The Balaban J connectivity index is 2.81. The van der Waals surface area contributed by atoms with E-state index in [9.17, 15) is 4.79 Å². The van der Waals surface area contributed by atoms with Gasteiger partial charge in [-0.1, -0.05) is 12.0 Å². The molecule has 0 radical (unpaired) electrons. The summed E-state index contributed by atoms with van der Waals surface area (Å²) < 4.78 is 11.0. The summed E-state index contributed by atoms with van der Waals surface area (Å²) in [6.45, 7) is 5.17. The fourth-order valence-electron chi connectivity index (χ4n) is 1.54. The van der Waals surface area contributed by atoms with Crippen molar-refractivity contribution in [3.63, 3.8) is 0 Å². The van der Waals surface area contributed by atoms with Crippen LogP contribution in [0.5, 0.6) is 11.5 Å². The molecule has 0 aliphatic heterocycles. The fraction of sp³-hybridized carbons (Fsp3) is 0.312. The van der Waals surface area contributed by atoms with E-state index in [1.807, 2.05) is 32.0 Å². The van der Waals surface area contributed by atoms with Crippen molar-refractivity contribution in [3.8, 4) is 23.8 Å². The smallest absolute Gasteiger partial charge is 0.244 e. The number of benzene rings is 1. The van der Waals surface area contributed by atoms with Gasteiger partial charge in [0.05, 0.1) is 19.8 Å². The zero-order valence-electron chi connectivity index (χ0n) is 11.8. The number of ether oxygens (including phenoxy) is 2. The topological polar surface area (TPSA) is 47.6 Å². The molecule has 20 heavy (non-hydrogen) atoms.